The topological polar surface area (TPSA) is 147 Å². The number of carbonyl (C=O) groups excluding carboxylic acids is 2. The average molecular weight is 392 g/mol. The molecule has 0 aromatic carbocycles. The van der Waals surface area contributed by atoms with E-state index in [0.717, 1.165) is 51.4 Å². The zero-order chi connectivity index (χ0) is 20.7. The van der Waals surface area contributed by atoms with E-state index in [-0.39, 0.29) is 12.3 Å². The summed E-state index contributed by atoms with van der Waals surface area (Å²) >= 11 is 0. The largest absolute Gasteiger partial charge is 0.394 e. The second-order valence-corrected chi connectivity index (χ2v) is 7.00. The molecule has 0 aromatic heterocycles. The number of rotatable bonds is 17. The highest BCUT2D eigenvalue weighted by Crippen LogP contribution is 2.13. The van der Waals surface area contributed by atoms with E-state index >= 15 is 0 Å². The van der Waals surface area contributed by atoms with Crippen molar-refractivity contribution in [1.82, 2.24) is 5.32 Å². The summed E-state index contributed by atoms with van der Waals surface area (Å²) in [4.78, 5) is 22.9. The lowest BCUT2D eigenvalue weighted by Crippen LogP contribution is -2.48. The van der Waals surface area contributed by atoms with Crippen LogP contribution in [0.1, 0.15) is 70.6 Å². The number of Topliss-reactive ketones (excluding diaryl/α,β-unsaturated/α-hetero) is 1. The van der Waals surface area contributed by atoms with E-state index in [1.165, 1.54) is 0 Å². The van der Waals surface area contributed by atoms with Gasteiger partial charge in [-0.3, -0.25) is 9.59 Å². The highest BCUT2D eigenvalue weighted by atomic mass is 16.4. The van der Waals surface area contributed by atoms with Crippen LogP contribution >= 0.6 is 0 Å². The predicted octanol–water partition coefficient (Wildman–Crippen LogP) is 0.0285. The van der Waals surface area contributed by atoms with Gasteiger partial charge in [0.25, 0.3) is 0 Å². The van der Waals surface area contributed by atoms with E-state index in [4.69, 9.17) is 5.11 Å². The van der Waals surface area contributed by atoms with E-state index in [1.807, 2.05) is 0 Å². The molecule has 0 aromatic rings. The standard InChI is InChI=1S/C19H37NO7/c1-20-16(24)12-10-8-6-4-2-3-5-7-9-11-14(22)17(25)19(27)18(26)15(23)13-21/h15,17-19,21,23,25-27H,2-13H2,1H3,(H,20,24). The Morgan fingerprint density at radius 1 is 0.741 bits per heavy atom. The van der Waals surface area contributed by atoms with Crippen molar-refractivity contribution in [1.29, 1.82) is 0 Å². The number of aliphatic hydroxyl groups is 5. The van der Waals surface area contributed by atoms with Crippen LogP contribution in [-0.2, 0) is 9.59 Å². The third kappa shape index (κ3) is 12.1. The van der Waals surface area contributed by atoms with Crippen LogP contribution < -0.4 is 5.32 Å². The summed E-state index contributed by atoms with van der Waals surface area (Å²) in [5, 5.41) is 49.4. The molecule has 0 heterocycles. The van der Waals surface area contributed by atoms with Crippen molar-refractivity contribution >= 4 is 11.7 Å². The third-order valence-corrected chi connectivity index (χ3v) is 4.69. The minimum absolute atomic E-state index is 0.0845. The summed E-state index contributed by atoms with van der Waals surface area (Å²) in [5.74, 6) is -0.496. The monoisotopic (exact) mass is 391 g/mol. The van der Waals surface area contributed by atoms with Crippen LogP contribution in [0.5, 0.6) is 0 Å². The van der Waals surface area contributed by atoms with Crippen molar-refractivity contribution in [3.8, 4) is 0 Å². The maximum atomic E-state index is 11.8. The van der Waals surface area contributed by atoms with E-state index in [9.17, 15) is 30.0 Å². The van der Waals surface area contributed by atoms with Gasteiger partial charge >= 0.3 is 0 Å². The first kappa shape index (κ1) is 25.9. The number of hydrogen-bond donors (Lipinski definition) is 6. The lowest BCUT2D eigenvalue weighted by atomic mass is 9.97. The Morgan fingerprint density at radius 2 is 1.19 bits per heavy atom. The lowest BCUT2D eigenvalue weighted by Gasteiger charge is -2.24. The van der Waals surface area contributed by atoms with Crippen molar-refractivity contribution in [2.75, 3.05) is 13.7 Å². The lowest BCUT2D eigenvalue weighted by molar-refractivity contribution is -0.147. The smallest absolute Gasteiger partial charge is 0.219 e. The molecule has 0 aliphatic rings. The van der Waals surface area contributed by atoms with Crippen LogP contribution in [0.4, 0.5) is 0 Å². The molecule has 1 amide bonds. The van der Waals surface area contributed by atoms with Gasteiger partial charge in [-0.2, -0.15) is 0 Å². The molecule has 8 nitrogen and oxygen atoms in total. The number of ketones is 1. The fraction of sp³-hybridized carbons (Fsp3) is 0.895. The Kier molecular flexibility index (Phi) is 15.3. The quantitative estimate of drug-likeness (QED) is 0.192. The van der Waals surface area contributed by atoms with Gasteiger partial charge < -0.3 is 30.8 Å². The Morgan fingerprint density at radius 3 is 1.63 bits per heavy atom. The summed E-state index contributed by atoms with van der Waals surface area (Å²) in [7, 11) is 1.64. The molecule has 4 unspecified atom stereocenters. The van der Waals surface area contributed by atoms with E-state index in [2.05, 4.69) is 5.32 Å². The normalized spacial score (nSPS) is 15.8. The molecular weight excluding hydrogens is 354 g/mol. The summed E-state index contributed by atoms with van der Waals surface area (Å²) < 4.78 is 0. The van der Waals surface area contributed by atoms with E-state index in [0.29, 0.717) is 12.8 Å². The molecule has 4 atom stereocenters. The Hall–Kier alpha value is -1.06. The molecule has 0 saturated carbocycles. The van der Waals surface area contributed by atoms with Crippen LogP contribution in [0.2, 0.25) is 0 Å². The van der Waals surface area contributed by atoms with Gasteiger partial charge in [-0.1, -0.05) is 44.9 Å². The molecule has 0 rings (SSSR count). The molecule has 8 heteroatoms. The van der Waals surface area contributed by atoms with Crippen LogP contribution in [0.15, 0.2) is 0 Å². The van der Waals surface area contributed by atoms with Gasteiger partial charge in [0.15, 0.2) is 5.78 Å². The predicted molar refractivity (Wildman–Crippen MR) is 101 cm³/mol. The zero-order valence-electron chi connectivity index (χ0n) is 16.3. The minimum atomic E-state index is -1.82. The summed E-state index contributed by atoms with van der Waals surface area (Å²) in [6, 6.07) is 0. The van der Waals surface area contributed by atoms with Gasteiger partial charge in [-0.05, 0) is 12.8 Å². The van der Waals surface area contributed by atoms with E-state index in [1.54, 1.807) is 7.05 Å². The molecule has 160 valence electrons. The fourth-order valence-electron chi connectivity index (χ4n) is 2.81. The third-order valence-electron chi connectivity index (χ3n) is 4.69. The second kappa shape index (κ2) is 15.9. The zero-order valence-corrected chi connectivity index (χ0v) is 16.3. The number of hydrogen-bond acceptors (Lipinski definition) is 7. The molecule has 0 fully saturated rings. The summed E-state index contributed by atoms with van der Waals surface area (Å²) in [5.41, 5.74) is 0. The maximum absolute atomic E-state index is 11.8. The molecule has 0 spiro atoms. The molecule has 6 N–H and O–H groups in total. The van der Waals surface area contributed by atoms with E-state index < -0.39 is 36.8 Å². The number of aliphatic hydroxyl groups excluding tert-OH is 5. The molecule has 0 radical (unpaired) electrons. The number of carbonyl (C=O) groups is 2. The number of nitrogens with one attached hydrogen (secondary N) is 1. The Bertz CT molecular complexity index is 406. The van der Waals surface area contributed by atoms with Gasteiger partial charge in [-0.15, -0.1) is 0 Å². The average Bonchev–Trinajstić information content (AvgIpc) is 2.68. The molecule has 0 aliphatic heterocycles. The van der Waals surface area contributed by atoms with Gasteiger partial charge in [0.1, 0.15) is 24.4 Å². The van der Waals surface area contributed by atoms with Crippen LogP contribution in [0.3, 0.4) is 0 Å². The van der Waals surface area contributed by atoms with Crippen LogP contribution in [0, 0.1) is 0 Å². The summed E-state index contributed by atoms with van der Waals surface area (Å²) in [6.45, 7) is -0.771. The SMILES string of the molecule is CNC(=O)CCCCCCCCCCCC(=O)C(O)C(O)C(O)C(O)CO. The first-order valence-electron chi connectivity index (χ1n) is 9.91. The van der Waals surface area contributed by atoms with Crippen molar-refractivity contribution in [3.63, 3.8) is 0 Å². The summed E-state index contributed by atoms with van der Waals surface area (Å²) in [6.07, 6.45) is 2.52. The van der Waals surface area contributed by atoms with Crippen molar-refractivity contribution in [3.05, 3.63) is 0 Å². The Labute approximate surface area is 161 Å². The highest BCUT2D eigenvalue weighted by molar-refractivity contribution is 5.83. The van der Waals surface area contributed by atoms with Gasteiger partial charge in [0, 0.05) is 19.9 Å². The van der Waals surface area contributed by atoms with Crippen LogP contribution in [0.25, 0.3) is 0 Å². The van der Waals surface area contributed by atoms with Crippen molar-refractivity contribution in [2.45, 2.75) is 95.0 Å². The molecule has 0 aliphatic carbocycles. The molecule has 0 saturated heterocycles. The molecule has 0 bridgehead atoms. The van der Waals surface area contributed by atoms with Crippen LogP contribution in [-0.4, -0.2) is 75.3 Å². The molecular formula is C19H37NO7. The fourth-order valence-corrected chi connectivity index (χ4v) is 2.81. The van der Waals surface area contributed by atoms with Gasteiger partial charge in [-0.25, -0.2) is 0 Å². The van der Waals surface area contributed by atoms with Crippen molar-refractivity contribution in [2.24, 2.45) is 0 Å². The van der Waals surface area contributed by atoms with Crippen molar-refractivity contribution < 1.29 is 35.1 Å². The molecule has 27 heavy (non-hydrogen) atoms. The second-order valence-electron chi connectivity index (χ2n) is 7.00. The highest BCUT2D eigenvalue weighted by Gasteiger charge is 2.33. The van der Waals surface area contributed by atoms with Gasteiger partial charge in [0.05, 0.1) is 6.61 Å². The number of unbranched alkanes of at least 4 members (excludes halogenated alkanes) is 8. The Balaban J connectivity index is 3.64. The number of amides is 1. The first-order valence-corrected chi connectivity index (χ1v) is 9.91. The van der Waals surface area contributed by atoms with Gasteiger partial charge in [0.2, 0.25) is 5.91 Å². The minimum Gasteiger partial charge on any atom is -0.394 e. The maximum Gasteiger partial charge on any atom is 0.219 e. The first-order chi connectivity index (χ1) is 12.8.